The maximum Gasteiger partial charge on any atom is 0.271 e. The van der Waals surface area contributed by atoms with Crippen molar-refractivity contribution in [3.63, 3.8) is 0 Å². The minimum absolute atomic E-state index is 0.0825. The van der Waals surface area contributed by atoms with Crippen molar-refractivity contribution in [2.75, 3.05) is 41.4 Å². The first-order chi connectivity index (χ1) is 16.3. The Kier molecular flexibility index (Phi) is 7.07. The average Bonchev–Trinajstić information content (AvgIpc) is 3.00. The zero-order chi connectivity index (χ0) is 24.5. The number of carbonyl (C=O) groups excluding carboxylic acids is 2. The molecule has 4 rings (SSSR count). The fourth-order valence-corrected chi connectivity index (χ4v) is 5.37. The summed E-state index contributed by atoms with van der Waals surface area (Å²) in [6.07, 6.45) is 6.70. The Hall–Kier alpha value is -2.74. The number of carbonyl (C=O) groups is 2. The van der Waals surface area contributed by atoms with E-state index in [-0.39, 0.29) is 17.9 Å². The van der Waals surface area contributed by atoms with E-state index in [4.69, 9.17) is 9.47 Å². The third-order valence-corrected chi connectivity index (χ3v) is 7.40. The number of aromatic nitrogens is 1. The number of hydrogen-bond acceptors (Lipinski definition) is 5. The minimum atomic E-state index is -1.02. The molecule has 2 heterocycles. The maximum atomic E-state index is 13.9. The molecule has 1 atom stereocenters. The first-order valence-electron chi connectivity index (χ1n) is 12.3. The zero-order valence-electron chi connectivity index (χ0n) is 21.1. The highest BCUT2D eigenvalue weighted by atomic mass is 16.5. The molecule has 34 heavy (non-hydrogen) atoms. The van der Waals surface area contributed by atoms with Gasteiger partial charge in [-0.25, -0.2) is 0 Å². The van der Waals surface area contributed by atoms with Crippen LogP contribution in [0.5, 0.6) is 11.5 Å². The second-order valence-electron chi connectivity index (χ2n) is 10.0. The first kappa shape index (κ1) is 24.4. The van der Waals surface area contributed by atoms with Crippen LogP contribution in [0, 0.1) is 0 Å². The fraction of sp³-hybridized carbons (Fsp3) is 0.615. The second-order valence-corrected chi connectivity index (χ2v) is 10.0. The predicted octanol–water partition coefficient (Wildman–Crippen LogP) is 3.27. The van der Waals surface area contributed by atoms with Gasteiger partial charge in [0, 0.05) is 24.5 Å². The summed E-state index contributed by atoms with van der Waals surface area (Å²) < 4.78 is 13.2. The number of ether oxygens (including phenoxy) is 2. The molecule has 8 nitrogen and oxygen atoms in total. The van der Waals surface area contributed by atoms with Gasteiger partial charge in [-0.15, -0.1) is 0 Å². The molecule has 1 aromatic carbocycles. The summed E-state index contributed by atoms with van der Waals surface area (Å²) in [5.74, 6) is 1.10. The predicted molar refractivity (Wildman–Crippen MR) is 133 cm³/mol. The molecule has 1 aromatic heterocycles. The summed E-state index contributed by atoms with van der Waals surface area (Å²) in [6, 6.07) is 5.72. The van der Waals surface area contributed by atoms with Gasteiger partial charge >= 0.3 is 0 Å². The maximum absolute atomic E-state index is 13.9. The monoisotopic (exact) mass is 470 g/mol. The van der Waals surface area contributed by atoms with Gasteiger partial charge in [-0.1, -0.05) is 25.7 Å². The SMILES string of the molecule is COc1ccc(OC)c2c1cc1n2CC(C)(C(=O)NC2CCCCCC2)N(CCN(C)C)C1=O. The highest BCUT2D eigenvalue weighted by molar-refractivity contribution is 6.06. The number of likely N-dealkylation sites (N-methyl/N-ethyl adjacent to an activating group) is 1. The van der Waals surface area contributed by atoms with Gasteiger partial charge in [0.1, 0.15) is 22.7 Å². The molecule has 1 unspecified atom stereocenters. The van der Waals surface area contributed by atoms with Crippen molar-refractivity contribution in [2.45, 2.75) is 63.6 Å². The van der Waals surface area contributed by atoms with Gasteiger partial charge in [0.2, 0.25) is 5.91 Å². The van der Waals surface area contributed by atoms with Crippen LogP contribution in [0.4, 0.5) is 0 Å². The Balaban J connectivity index is 1.78. The van der Waals surface area contributed by atoms with E-state index >= 15 is 0 Å². The topological polar surface area (TPSA) is 76.0 Å². The number of fused-ring (bicyclic) bond motifs is 3. The summed E-state index contributed by atoms with van der Waals surface area (Å²) in [4.78, 5) is 31.5. The van der Waals surface area contributed by atoms with Crippen molar-refractivity contribution in [2.24, 2.45) is 0 Å². The van der Waals surface area contributed by atoms with Gasteiger partial charge in [-0.2, -0.15) is 0 Å². The third kappa shape index (κ3) is 4.35. The molecule has 2 aromatic rings. The lowest BCUT2D eigenvalue weighted by molar-refractivity contribution is -0.133. The Labute approximate surface area is 202 Å². The molecule has 1 fully saturated rings. The highest BCUT2D eigenvalue weighted by Crippen LogP contribution is 2.40. The number of nitrogens with zero attached hydrogens (tertiary/aromatic N) is 3. The van der Waals surface area contributed by atoms with Gasteiger partial charge in [0.25, 0.3) is 5.91 Å². The summed E-state index contributed by atoms with van der Waals surface area (Å²) in [5, 5.41) is 4.13. The fourth-order valence-electron chi connectivity index (χ4n) is 5.37. The number of benzene rings is 1. The second kappa shape index (κ2) is 9.86. The van der Waals surface area contributed by atoms with E-state index in [1.54, 1.807) is 19.1 Å². The zero-order valence-corrected chi connectivity index (χ0v) is 21.1. The van der Waals surface area contributed by atoms with E-state index in [0.717, 1.165) is 36.6 Å². The molecular weight excluding hydrogens is 432 g/mol. The molecule has 1 aliphatic heterocycles. The van der Waals surface area contributed by atoms with Crippen molar-refractivity contribution in [1.82, 2.24) is 19.7 Å². The van der Waals surface area contributed by atoms with Crippen molar-refractivity contribution in [1.29, 1.82) is 0 Å². The van der Waals surface area contributed by atoms with E-state index in [1.807, 2.05) is 48.7 Å². The van der Waals surface area contributed by atoms with Crippen LogP contribution in [-0.4, -0.2) is 79.2 Å². The molecule has 186 valence electrons. The summed E-state index contributed by atoms with van der Waals surface area (Å²) in [6.45, 7) is 3.39. The Bertz CT molecular complexity index is 1050. The van der Waals surface area contributed by atoms with Crippen LogP contribution < -0.4 is 14.8 Å². The molecule has 1 aliphatic carbocycles. The molecule has 0 saturated heterocycles. The van der Waals surface area contributed by atoms with Crippen molar-refractivity contribution >= 4 is 22.7 Å². The average molecular weight is 471 g/mol. The third-order valence-electron chi connectivity index (χ3n) is 7.40. The van der Waals surface area contributed by atoms with Crippen molar-refractivity contribution < 1.29 is 19.1 Å². The number of rotatable bonds is 7. The molecule has 2 amide bonds. The lowest BCUT2D eigenvalue weighted by Crippen LogP contribution is -2.65. The smallest absolute Gasteiger partial charge is 0.271 e. The molecule has 0 radical (unpaired) electrons. The summed E-state index contributed by atoms with van der Waals surface area (Å²) >= 11 is 0. The Morgan fingerprint density at radius 3 is 2.38 bits per heavy atom. The van der Waals surface area contributed by atoms with Gasteiger partial charge in [0.15, 0.2) is 0 Å². The molecular formula is C26H38N4O4. The van der Waals surface area contributed by atoms with Crippen LogP contribution in [0.25, 0.3) is 10.9 Å². The number of hydrogen-bond donors (Lipinski definition) is 1. The van der Waals surface area contributed by atoms with Crippen LogP contribution in [0.2, 0.25) is 0 Å². The van der Waals surface area contributed by atoms with E-state index in [1.165, 1.54) is 12.8 Å². The summed E-state index contributed by atoms with van der Waals surface area (Å²) in [7, 11) is 7.19. The van der Waals surface area contributed by atoms with Crippen molar-refractivity contribution in [3.05, 3.63) is 23.9 Å². The van der Waals surface area contributed by atoms with Crippen LogP contribution >= 0.6 is 0 Å². The Morgan fingerprint density at radius 1 is 1.12 bits per heavy atom. The Morgan fingerprint density at radius 2 is 1.76 bits per heavy atom. The standard InChI is InChI=1S/C26H38N4O4/c1-26(25(32)27-18-10-8-6-7-9-11-18)17-29-20(24(31)30(26)15-14-28(2)3)16-19-21(33-4)12-13-22(34-5)23(19)29/h12-13,16,18H,6-11,14-15,17H2,1-5H3,(H,27,32). The van der Waals surface area contributed by atoms with Crippen LogP contribution in [0.3, 0.4) is 0 Å². The molecule has 1 saturated carbocycles. The number of nitrogens with one attached hydrogen (secondary N) is 1. The van der Waals surface area contributed by atoms with Crippen molar-refractivity contribution in [3.8, 4) is 11.5 Å². The molecule has 1 N–H and O–H groups in total. The quantitative estimate of drug-likeness (QED) is 0.629. The molecule has 2 aliphatic rings. The van der Waals surface area contributed by atoms with E-state index in [9.17, 15) is 9.59 Å². The van der Waals surface area contributed by atoms with Gasteiger partial charge in [-0.3, -0.25) is 9.59 Å². The van der Waals surface area contributed by atoms with Gasteiger partial charge < -0.3 is 29.2 Å². The minimum Gasteiger partial charge on any atom is -0.496 e. The number of methoxy groups -OCH3 is 2. The van der Waals surface area contributed by atoms with Crippen LogP contribution in [-0.2, 0) is 11.3 Å². The number of amides is 2. The first-order valence-corrected chi connectivity index (χ1v) is 12.3. The van der Waals surface area contributed by atoms with E-state index in [2.05, 4.69) is 5.32 Å². The van der Waals surface area contributed by atoms with Crippen LogP contribution in [0.15, 0.2) is 18.2 Å². The van der Waals surface area contributed by atoms with Crippen LogP contribution in [0.1, 0.15) is 55.9 Å². The summed E-state index contributed by atoms with van der Waals surface area (Å²) in [5.41, 5.74) is 0.314. The molecule has 0 spiro atoms. The van der Waals surface area contributed by atoms with Gasteiger partial charge in [-0.05, 0) is 52.1 Å². The van der Waals surface area contributed by atoms with E-state index in [0.29, 0.717) is 36.8 Å². The normalized spacial score (nSPS) is 21.5. The molecule has 8 heteroatoms. The largest absolute Gasteiger partial charge is 0.496 e. The van der Waals surface area contributed by atoms with Gasteiger partial charge in [0.05, 0.1) is 26.3 Å². The lowest BCUT2D eigenvalue weighted by atomic mass is 9.93. The highest BCUT2D eigenvalue weighted by Gasteiger charge is 2.48. The molecule has 0 bridgehead atoms. The van der Waals surface area contributed by atoms with E-state index < -0.39 is 5.54 Å². The lowest BCUT2D eigenvalue weighted by Gasteiger charge is -2.45.